The standard InChI is InChI=1S/C18H23NO/c1-13-10-14(2)12-17(11-13)15(3)19-9-8-16-4-6-18(20)7-5-16/h4-7,10-12,15,19-20H,8-9H2,1-3H3. The summed E-state index contributed by atoms with van der Waals surface area (Å²) in [7, 11) is 0. The lowest BCUT2D eigenvalue weighted by Gasteiger charge is -2.16. The van der Waals surface area contributed by atoms with Gasteiger partial charge >= 0.3 is 0 Å². The molecule has 0 bridgehead atoms. The van der Waals surface area contributed by atoms with Gasteiger partial charge in [0.15, 0.2) is 0 Å². The highest BCUT2D eigenvalue weighted by atomic mass is 16.3. The molecule has 2 aromatic rings. The van der Waals surface area contributed by atoms with E-state index in [2.05, 4.69) is 44.3 Å². The molecule has 2 aromatic carbocycles. The van der Waals surface area contributed by atoms with Gasteiger partial charge in [0.1, 0.15) is 5.75 Å². The molecular weight excluding hydrogens is 246 g/mol. The number of benzene rings is 2. The third kappa shape index (κ3) is 4.10. The Morgan fingerprint density at radius 1 is 1.00 bits per heavy atom. The Morgan fingerprint density at radius 3 is 2.20 bits per heavy atom. The van der Waals surface area contributed by atoms with Crippen molar-refractivity contribution in [2.24, 2.45) is 0 Å². The van der Waals surface area contributed by atoms with Crippen LogP contribution in [0.5, 0.6) is 5.75 Å². The Kier molecular flexibility index (Phi) is 4.80. The monoisotopic (exact) mass is 269 g/mol. The van der Waals surface area contributed by atoms with Gasteiger partial charge in [0.25, 0.3) is 0 Å². The van der Waals surface area contributed by atoms with E-state index in [9.17, 15) is 5.11 Å². The summed E-state index contributed by atoms with van der Waals surface area (Å²) in [4.78, 5) is 0. The van der Waals surface area contributed by atoms with E-state index >= 15 is 0 Å². The van der Waals surface area contributed by atoms with Gasteiger partial charge < -0.3 is 10.4 Å². The molecule has 2 nitrogen and oxygen atoms in total. The van der Waals surface area contributed by atoms with Gasteiger partial charge in [0, 0.05) is 6.04 Å². The second-order valence-electron chi connectivity index (χ2n) is 5.51. The zero-order valence-electron chi connectivity index (χ0n) is 12.5. The molecule has 0 aromatic heterocycles. The van der Waals surface area contributed by atoms with Crippen molar-refractivity contribution in [2.45, 2.75) is 33.2 Å². The smallest absolute Gasteiger partial charge is 0.115 e. The fourth-order valence-corrected chi connectivity index (χ4v) is 2.47. The van der Waals surface area contributed by atoms with Crippen molar-refractivity contribution in [1.82, 2.24) is 5.32 Å². The number of aryl methyl sites for hydroxylation is 2. The Morgan fingerprint density at radius 2 is 1.60 bits per heavy atom. The fraction of sp³-hybridized carbons (Fsp3) is 0.333. The van der Waals surface area contributed by atoms with E-state index in [-0.39, 0.29) is 0 Å². The number of phenolic OH excluding ortho intramolecular Hbond substituents is 1. The van der Waals surface area contributed by atoms with Crippen molar-refractivity contribution < 1.29 is 5.11 Å². The van der Waals surface area contributed by atoms with Crippen LogP contribution in [0.25, 0.3) is 0 Å². The molecule has 1 atom stereocenters. The van der Waals surface area contributed by atoms with Gasteiger partial charge in [-0.2, -0.15) is 0 Å². The van der Waals surface area contributed by atoms with Crippen LogP contribution < -0.4 is 5.32 Å². The average molecular weight is 269 g/mol. The highest BCUT2D eigenvalue weighted by molar-refractivity contribution is 5.30. The van der Waals surface area contributed by atoms with Crippen LogP contribution in [-0.4, -0.2) is 11.7 Å². The molecule has 0 aliphatic rings. The van der Waals surface area contributed by atoms with E-state index in [0.29, 0.717) is 11.8 Å². The third-order valence-electron chi connectivity index (χ3n) is 3.54. The van der Waals surface area contributed by atoms with Crippen LogP contribution in [-0.2, 0) is 6.42 Å². The summed E-state index contributed by atoms with van der Waals surface area (Å²) in [5.74, 6) is 0.324. The number of phenols is 1. The molecule has 0 aliphatic heterocycles. The van der Waals surface area contributed by atoms with E-state index in [1.807, 2.05) is 12.1 Å². The molecule has 0 heterocycles. The number of hydrogen-bond acceptors (Lipinski definition) is 2. The summed E-state index contributed by atoms with van der Waals surface area (Å²) in [5, 5.41) is 12.8. The van der Waals surface area contributed by atoms with Crippen molar-refractivity contribution in [1.29, 1.82) is 0 Å². The van der Waals surface area contributed by atoms with Gasteiger partial charge in [0.05, 0.1) is 0 Å². The molecule has 0 amide bonds. The zero-order valence-corrected chi connectivity index (χ0v) is 12.5. The second kappa shape index (κ2) is 6.58. The first-order chi connectivity index (χ1) is 9.54. The van der Waals surface area contributed by atoms with Gasteiger partial charge in [-0.15, -0.1) is 0 Å². The molecule has 0 saturated heterocycles. The Labute approximate surface area is 121 Å². The molecule has 0 saturated carbocycles. The second-order valence-corrected chi connectivity index (χ2v) is 5.51. The van der Waals surface area contributed by atoms with E-state index in [1.54, 1.807) is 12.1 Å². The number of rotatable bonds is 5. The minimum Gasteiger partial charge on any atom is -0.508 e. The fourth-order valence-electron chi connectivity index (χ4n) is 2.47. The van der Waals surface area contributed by atoms with Gasteiger partial charge in [0.2, 0.25) is 0 Å². The molecule has 1 unspecified atom stereocenters. The summed E-state index contributed by atoms with van der Waals surface area (Å²) in [6.07, 6.45) is 0.968. The minimum absolute atomic E-state index is 0.324. The average Bonchev–Trinajstić information content (AvgIpc) is 2.40. The predicted octanol–water partition coefficient (Wildman–Crippen LogP) is 3.90. The van der Waals surface area contributed by atoms with Crippen LogP contribution in [0, 0.1) is 13.8 Å². The normalized spacial score (nSPS) is 12.3. The molecule has 2 rings (SSSR count). The van der Waals surface area contributed by atoms with Crippen molar-refractivity contribution in [3.05, 3.63) is 64.7 Å². The van der Waals surface area contributed by atoms with Crippen LogP contribution in [0.4, 0.5) is 0 Å². The molecule has 0 spiro atoms. The first-order valence-electron chi connectivity index (χ1n) is 7.14. The van der Waals surface area contributed by atoms with Crippen molar-refractivity contribution in [3.8, 4) is 5.75 Å². The van der Waals surface area contributed by atoms with Gasteiger partial charge in [-0.1, -0.05) is 41.5 Å². The number of aromatic hydroxyl groups is 1. The van der Waals surface area contributed by atoms with E-state index in [4.69, 9.17) is 0 Å². The SMILES string of the molecule is Cc1cc(C)cc(C(C)NCCc2ccc(O)cc2)c1. The summed E-state index contributed by atoms with van der Waals surface area (Å²) in [5.41, 5.74) is 5.20. The number of hydrogen-bond donors (Lipinski definition) is 2. The lowest BCUT2D eigenvalue weighted by Crippen LogP contribution is -2.21. The Balaban J connectivity index is 1.88. The third-order valence-corrected chi connectivity index (χ3v) is 3.54. The van der Waals surface area contributed by atoms with Crippen LogP contribution in [0.1, 0.15) is 35.2 Å². The van der Waals surface area contributed by atoms with E-state index in [1.165, 1.54) is 22.3 Å². The molecule has 0 radical (unpaired) electrons. The number of nitrogens with one attached hydrogen (secondary N) is 1. The quantitative estimate of drug-likeness (QED) is 0.862. The maximum absolute atomic E-state index is 9.26. The first kappa shape index (κ1) is 14.6. The van der Waals surface area contributed by atoms with Crippen molar-refractivity contribution in [3.63, 3.8) is 0 Å². The Bertz CT molecular complexity index is 540. The topological polar surface area (TPSA) is 32.3 Å². The summed E-state index contributed by atoms with van der Waals surface area (Å²) < 4.78 is 0. The molecule has 0 aliphatic carbocycles. The van der Waals surface area contributed by atoms with Crippen LogP contribution >= 0.6 is 0 Å². The maximum atomic E-state index is 9.26. The van der Waals surface area contributed by atoms with Gasteiger partial charge in [-0.25, -0.2) is 0 Å². The summed E-state index contributed by atoms with van der Waals surface area (Å²) in [6.45, 7) is 7.41. The minimum atomic E-state index is 0.324. The lowest BCUT2D eigenvalue weighted by atomic mass is 10.0. The van der Waals surface area contributed by atoms with E-state index in [0.717, 1.165) is 13.0 Å². The molecule has 2 heteroatoms. The highest BCUT2D eigenvalue weighted by Gasteiger charge is 2.05. The highest BCUT2D eigenvalue weighted by Crippen LogP contribution is 2.16. The maximum Gasteiger partial charge on any atom is 0.115 e. The largest absolute Gasteiger partial charge is 0.508 e. The summed E-state index contributed by atoms with van der Waals surface area (Å²) >= 11 is 0. The zero-order chi connectivity index (χ0) is 14.5. The van der Waals surface area contributed by atoms with Crippen LogP contribution in [0.15, 0.2) is 42.5 Å². The molecule has 106 valence electrons. The molecular formula is C18H23NO. The van der Waals surface area contributed by atoms with E-state index < -0.39 is 0 Å². The predicted molar refractivity (Wildman–Crippen MR) is 84.1 cm³/mol. The van der Waals surface area contributed by atoms with Gasteiger partial charge in [-0.05, 0) is 57.0 Å². The van der Waals surface area contributed by atoms with Crippen molar-refractivity contribution >= 4 is 0 Å². The van der Waals surface area contributed by atoms with Crippen LogP contribution in [0.2, 0.25) is 0 Å². The molecule has 2 N–H and O–H groups in total. The summed E-state index contributed by atoms with van der Waals surface area (Å²) in [6, 6.07) is 14.5. The Hall–Kier alpha value is -1.80. The molecule has 0 fully saturated rings. The van der Waals surface area contributed by atoms with Crippen LogP contribution in [0.3, 0.4) is 0 Å². The lowest BCUT2D eigenvalue weighted by molar-refractivity contribution is 0.475. The molecule has 20 heavy (non-hydrogen) atoms. The first-order valence-corrected chi connectivity index (χ1v) is 7.14. The van der Waals surface area contributed by atoms with Crippen molar-refractivity contribution in [2.75, 3.05) is 6.54 Å². The van der Waals surface area contributed by atoms with Gasteiger partial charge in [-0.3, -0.25) is 0 Å².